The molecule has 0 aliphatic heterocycles. The fourth-order valence-electron chi connectivity index (χ4n) is 1.41. The third-order valence-corrected chi connectivity index (χ3v) is 2.79. The second kappa shape index (κ2) is 7.22. The minimum Gasteiger partial charge on any atom is -0.404 e. The first kappa shape index (κ1) is 17.2. The highest BCUT2D eigenvalue weighted by atomic mass is 79.9. The van der Waals surface area contributed by atoms with Gasteiger partial charge in [0.15, 0.2) is 5.75 Å². The number of ether oxygens (including phenoxy) is 1. The quantitative estimate of drug-likeness (QED) is 0.789. The normalized spacial score (nSPS) is 12.2. The van der Waals surface area contributed by atoms with Gasteiger partial charge < -0.3 is 15.4 Å². The van der Waals surface area contributed by atoms with Crippen molar-refractivity contribution in [2.75, 3.05) is 11.9 Å². The van der Waals surface area contributed by atoms with Crippen molar-refractivity contribution in [3.63, 3.8) is 0 Å². The number of rotatable bonds is 5. The van der Waals surface area contributed by atoms with E-state index in [9.17, 15) is 18.0 Å². The van der Waals surface area contributed by atoms with E-state index >= 15 is 0 Å². The molecule has 0 aliphatic carbocycles. The summed E-state index contributed by atoms with van der Waals surface area (Å²) in [6, 6.07) is 3.27. The molecule has 0 aliphatic rings. The molecule has 0 spiro atoms. The molecule has 8 heteroatoms. The SMILES string of the molecule is C#CCNC(=O)C(C)Nc1ccc(Br)cc1OC(F)(F)F. The van der Waals surface area contributed by atoms with Crippen LogP contribution in [0.15, 0.2) is 22.7 Å². The molecule has 1 atom stereocenters. The Hall–Kier alpha value is -1.88. The van der Waals surface area contributed by atoms with E-state index in [1.807, 2.05) is 0 Å². The van der Waals surface area contributed by atoms with Gasteiger partial charge in [0.25, 0.3) is 0 Å². The number of carbonyl (C=O) groups excluding carboxylic acids is 1. The van der Waals surface area contributed by atoms with E-state index in [0.29, 0.717) is 4.47 Å². The molecule has 21 heavy (non-hydrogen) atoms. The average Bonchev–Trinajstić information content (AvgIpc) is 2.37. The summed E-state index contributed by atoms with van der Waals surface area (Å²) < 4.78 is 41.4. The number of halogens is 4. The molecule has 0 heterocycles. The number of hydrogen-bond donors (Lipinski definition) is 2. The number of alkyl halides is 3. The Bertz CT molecular complexity index is 555. The molecule has 0 aromatic heterocycles. The molecule has 114 valence electrons. The van der Waals surface area contributed by atoms with E-state index in [-0.39, 0.29) is 12.2 Å². The van der Waals surface area contributed by atoms with Crippen LogP contribution in [0, 0.1) is 12.3 Å². The van der Waals surface area contributed by atoms with Crippen molar-refractivity contribution in [1.82, 2.24) is 5.32 Å². The lowest BCUT2D eigenvalue weighted by molar-refractivity contribution is -0.274. The van der Waals surface area contributed by atoms with Crippen molar-refractivity contribution >= 4 is 27.5 Å². The van der Waals surface area contributed by atoms with Crippen LogP contribution in [-0.4, -0.2) is 24.9 Å². The van der Waals surface area contributed by atoms with Gasteiger partial charge in [-0.3, -0.25) is 4.79 Å². The highest BCUT2D eigenvalue weighted by molar-refractivity contribution is 9.10. The van der Waals surface area contributed by atoms with E-state index in [1.54, 1.807) is 0 Å². The molecule has 0 bridgehead atoms. The Labute approximate surface area is 128 Å². The smallest absolute Gasteiger partial charge is 0.404 e. The zero-order chi connectivity index (χ0) is 16.0. The first-order valence-electron chi connectivity index (χ1n) is 5.76. The maximum absolute atomic E-state index is 12.3. The minimum atomic E-state index is -4.83. The van der Waals surface area contributed by atoms with E-state index in [4.69, 9.17) is 6.42 Å². The Balaban J connectivity index is 2.87. The van der Waals surface area contributed by atoms with Crippen molar-refractivity contribution in [2.24, 2.45) is 0 Å². The molecule has 0 saturated carbocycles. The fourth-order valence-corrected chi connectivity index (χ4v) is 1.75. The number of benzene rings is 1. The van der Waals surface area contributed by atoms with Crippen molar-refractivity contribution in [3.05, 3.63) is 22.7 Å². The number of amides is 1. The second-order valence-corrected chi connectivity index (χ2v) is 4.89. The maximum Gasteiger partial charge on any atom is 0.573 e. The van der Waals surface area contributed by atoms with Gasteiger partial charge in [0.05, 0.1) is 12.2 Å². The number of nitrogens with one attached hydrogen (secondary N) is 2. The van der Waals surface area contributed by atoms with Gasteiger partial charge in [-0.25, -0.2) is 0 Å². The molecule has 2 N–H and O–H groups in total. The Morgan fingerprint density at radius 3 is 2.76 bits per heavy atom. The summed E-state index contributed by atoms with van der Waals surface area (Å²) in [5.41, 5.74) is 0.0406. The van der Waals surface area contributed by atoms with Crippen LogP contribution in [0.2, 0.25) is 0 Å². The Morgan fingerprint density at radius 2 is 2.19 bits per heavy atom. The highest BCUT2D eigenvalue weighted by Gasteiger charge is 2.32. The lowest BCUT2D eigenvalue weighted by Gasteiger charge is -2.18. The Morgan fingerprint density at radius 1 is 1.52 bits per heavy atom. The second-order valence-electron chi connectivity index (χ2n) is 3.98. The number of anilines is 1. The van der Waals surface area contributed by atoms with Crippen LogP contribution in [0.5, 0.6) is 5.75 Å². The summed E-state index contributed by atoms with van der Waals surface area (Å²) >= 11 is 3.06. The summed E-state index contributed by atoms with van der Waals surface area (Å²) in [6.45, 7) is 1.53. The van der Waals surface area contributed by atoms with Crippen LogP contribution in [-0.2, 0) is 4.79 Å². The van der Waals surface area contributed by atoms with E-state index in [2.05, 4.69) is 37.2 Å². The molecule has 4 nitrogen and oxygen atoms in total. The monoisotopic (exact) mass is 364 g/mol. The molecule has 0 radical (unpaired) electrons. The highest BCUT2D eigenvalue weighted by Crippen LogP contribution is 2.33. The summed E-state index contributed by atoms with van der Waals surface area (Å²) in [4.78, 5) is 11.6. The van der Waals surface area contributed by atoms with E-state index in [0.717, 1.165) is 6.07 Å². The number of terminal acetylenes is 1. The molecule has 1 aromatic rings. The van der Waals surface area contributed by atoms with Crippen LogP contribution >= 0.6 is 15.9 Å². The molecular weight excluding hydrogens is 353 g/mol. The summed E-state index contributed by atoms with van der Waals surface area (Å²) in [5.74, 6) is 1.36. The van der Waals surface area contributed by atoms with Crippen LogP contribution in [0.3, 0.4) is 0 Å². The van der Waals surface area contributed by atoms with Crippen LogP contribution < -0.4 is 15.4 Å². The molecule has 0 fully saturated rings. The van der Waals surface area contributed by atoms with Gasteiger partial charge in [-0.15, -0.1) is 19.6 Å². The molecule has 1 amide bonds. The lowest BCUT2D eigenvalue weighted by atomic mass is 10.2. The van der Waals surface area contributed by atoms with Crippen molar-refractivity contribution in [2.45, 2.75) is 19.3 Å². The molecule has 1 unspecified atom stereocenters. The van der Waals surface area contributed by atoms with Crippen LogP contribution in [0.1, 0.15) is 6.92 Å². The van der Waals surface area contributed by atoms with Gasteiger partial charge in [0, 0.05) is 4.47 Å². The van der Waals surface area contributed by atoms with Crippen molar-refractivity contribution in [3.8, 4) is 18.1 Å². The van der Waals surface area contributed by atoms with Gasteiger partial charge >= 0.3 is 6.36 Å². The number of carbonyl (C=O) groups is 1. The third-order valence-electron chi connectivity index (χ3n) is 2.30. The lowest BCUT2D eigenvalue weighted by Crippen LogP contribution is -2.37. The van der Waals surface area contributed by atoms with E-state index in [1.165, 1.54) is 19.1 Å². The third kappa shape index (κ3) is 5.95. The predicted molar refractivity (Wildman–Crippen MR) is 75.8 cm³/mol. The average molecular weight is 365 g/mol. The fraction of sp³-hybridized carbons (Fsp3) is 0.308. The standard InChI is InChI=1S/C13H12BrF3N2O2/c1-3-6-18-12(20)8(2)19-10-5-4-9(14)7-11(10)21-13(15,16)17/h1,4-5,7-8,19H,6H2,2H3,(H,18,20). The molecule has 1 aromatic carbocycles. The number of hydrogen-bond acceptors (Lipinski definition) is 3. The van der Waals surface area contributed by atoms with Crippen molar-refractivity contribution in [1.29, 1.82) is 0 Å². The van der Waals surface area contributed by atoms with Crippen LogP contribution in [0.25, 0.3) is 0 Å². The molecule has 0 saturated heterocycles. The first-order valence-corrected chi connectivity index (χ1v) is 6.55. The minimum absolute atomic E-state index is 0.0388. The van der Waals surface area contributed by atoms with E-state index < -0.39 is 24.1 Å². The van der Waals surface area contributed by atoms with Gasteiger partial charge in [-0.05, 0) is 25.1 Å². The summed E-state index contributed by atoms with van der Waals surface area (Å²) in [7, 11) is 0. The predicted octanol–water partition coefficient (Wildman–Crippen LogP) is 2.90. The Kier molecular flexibility index (Phi) is 5.90. The maximum atomic E-state index is 12.3. The van der Waals surface area contributed by atoms with Crippen LogP contribution in [0.4, 0.5) is 18.9 Å². The largest absolute Gasteiger partial charge is 0.573 e. The van der Waals surface area contributed by atoms with Gasteiger partial charge in [0.2, 0.25) is 5.91 Å². The van der Waals surface area contributed by atoms with Gasteiger partial charge in [0.1, 0.15) is 6.04 Å². The first-order chi connectivity index (χ1) is 9.73. The summed E-state index contributed by atoms with van der Waals surface area (Å²) in [6.07, 6.45) is 0.177. The topological polar surface area (TPSA) is 50.4 Å². The zero-order valence-electron chi connectivity index (χ0n) is 10.9. The van der Waals surface area contributed by atoms with Gasteiger partial charge in [-0.1, -0.05) is 21.9 Å². The molecular formula is C13H12BrF3N2O2. The summed E-state index contributed by atoms with van der Waals surface area (Å²) in [5, 5.41) is 5.06. The zero-order valence-corrected chi connectivity index (χ0v) is 12.5. The van der Waals surface area contributed by atoms with Crippen molar-refractivity contribution < 1.29 is 22.7 Å². The molecule has 1 rings (SSSR count). The van der Waals surface area contributed by atoms with Gasteiger partial charge in [-0.2, -0.15) is 0 Å².